The molecule has 0 saturated heterocycles. The van der Waals surface area contributed by atoms with E-state index in [1.165, 1.54) is 12.1 Å². The van der Waals surface area contributed by atoms with Crippen molar-refractivity contribution in [3.05, 3.63) is 63.9 Å². The van der Waals surface area contributed by atoms with E-state index in [2.05, 4.69) is 5.32 Å². The minimum absolute atomic E-state index is 0.0983. The van der Waals surface area contributed by atoms with Crippen LogP contribution in [0.5, 0.6) is 5.75 Å². The van der Waals surface area contributed by atoms with Crippen molar-refractivity contribution < 1.29 is 13.9 Å². The van der Waals surface area contributed by atoms with Crippen LogP contribution in [0.15, 0.2) is 42.5 Å². The Balaban J connectivity index is 1.75. The standard InChI is InChI=1S/C16H14Cl2FNO2/c17-12-6-5-11(13(18)9-12)10-20-16(21)7-8-22-15-4-2-1-3-14(15)19/h1-6,9H,7-8,10H2,(H,20,21). The van der Waals surface area contributed by atoms with Crippen molar-refractivity contribution >= 4 is 29.1 Å². The van der Waals surface area contributed by atoms with E-state index in [1.54, 1.807) is 30.3 Å². The highest BCUT2D eigenvalue weighted by Crippen LogP contribution is 2.20. The molecular weight excluding hydrogens is 328 g/mol. The Morgan fingerprint density at radius 2 is 1.95 bits per heavy atom. The lowest BCUT2D eigenvalue weighted by molar-refractivity contribution is -0.121. The molecule has 0 spiro atoms. The second-order valence-electron chi connectivity index (χ2n) is 4.54. The first-order chi connectivity index (χ1) is 10.6. The Hall–Kier alpha value is -1.78. The van der Waals surface area contributed by atoms with Gasteiger partial charge >= 0.3 is 0 Å². The minimum atomic E-state index is -0.448. The van der Waals surface area contributed by atoms with Gasteiger partial charge in [0.05, 0.1) is 13.0 Å². The summed E-state index contributed by atoms with van der Waals surface area (Å²) in [6.07, 6.45) is 0.125. The Morgan fingerprint density at radius 3 is 2.68 bits per heavy atom. The Morgan fingerprint density at radius 1 is 1.18 bits per heavy atom. The largest absolute Gasteiger partial charge is 0.490 e. The van der Waals surface area contributed by atoms with Crippen molar-refractivity contribution in [1.29, 1.82) is 0 Å². The maximum Gasteiger partial charge on any atom is 0.223 e. The molecule has 1 amide bonds. The average molecular weight is 342 g/mol. The SMILES string of the molecule is O=C(CCOc1ccccc1F)NCc1ccc(Cl)cc1Cl. The molecule has 0 aliphatic carbocycles. The van der Waals surface area contributed by atoms with Crippen molar-refractivity contribution in [2.24, 2.45) is 0 Å². The maximum absolute atomic E-state index is 13.3. The summed E-state index contributed by atoms with van der Waals surface area (Å²) >= 11 is 11.8. The molecule has 2 aromatic carbocycles. The lowest BCUT2D eigenvalue weighted by Gasteiger charge is -2.09. The molecule has 0 aromatic heterocycles. The molecule has 0 aliphatic heterocycles. The zero-order valence-corrected chi connectivity index (χ0v) is 13.1. The van der Waals surface area contributed by atoms with Gasteiger partial charge in [-0.05, 0) is 29.8 Å². The number of nitrogens with one attached hydrogen (secondary N) is 1. The number of benzene rings is 2. The zero-order chi connectivity index (χ0) is 15.9. The van der Waals surface area contributed by atoms with Crippen LogP contribution in [0.3, 0.4) is 0 Å². The van der Waals surface area contributed by atoms with Gasteiger partial charge in [0.25, 0.3) is 0 Å². The fourth-order valence-electron chi connectivity index (χ4n) is 1.76. The summed E-state index contributed by atoms with van der Waals surface area (Å²) in [7, 11) is 0. The minimum Gasteiger partial charge on any atom is -0.490 e. The van der Waals surface area contributed by atoms with Crippen molar-refractivity contribution in [1.82, 2.24) is 5.32 Å². The molecule has 2 rings (SSSR count). The highest BCUT2D eigenvalue weighted by molar-refractivity contribution is 6.35. The van der Waals surface area contributed by atoms with Gasteiger partial charge in [0.1, 0.15) is 0 Å². The van der Waals surface area contributed by atoms with Gasteiger partial charge < -0.3 is 10.1 Å². The summed E-state index contributed by atoms with van der Waals surface area (Å²) in [5, 5.41) is 3.76. The third-order valence-corrected chi connectivity index (χ3v) is 3.50. The molecule has 0 atom stereocenters. The quantitative estimate of drug-likeness (QED) is 0.854. The monoisotopic (exact) mass is 341 g/mol. The van der Waals surface area contributed by atoms with Crippen LogP contribution < -0.4 is 10.1 Å². The number of ether oxygens (including phenoxy) is 1. The summed E-state index contributed by atoms with van der Waals surface area (Å²) in [4.78, 5) is 11.7. The zero-order valence-electron chi connectivity index (χ0n) is 11.6. The van der Waals surface area contributed by atoms with E-state index >= 15 is 0 Å². The number of carbonyl (C=O) groups excluding carboxylic acids is 1. The number of carbonyl (C=O) groups is 1. The molecule has 6 heteroatoms. The van der Waals surface area contributed by atoms with Gasteiger partial charge in [0.2, 0.25) is 5.91 Å². The highest BCUT2D eigenvalue weighted by Gasteiger charge is 2.06. The molecule has 0 bridgehead atoms. The molecule has 2 aromatic rings. The summed E-state index contributed by atoms with van der Waals surface area (Å²) in [5.41, 5.74) is 0.773. The van der Waals surface area contributed by atoms with E-state index in [0.717, 1.165) is 5.56 Å². The maximum atomic E-state index is 13.3. The van der Waals surface area contributed by atoms with Gasteiger partial charge in [-0.1, -0.05) is 41.4 Å². The number of para-hydroxylation sites is 1. The van der Waals surface area contributed by atoms with Crippen LogP contribution in [0.1, 0.15) is 12.0 Å². The van der Waals surface area contributed by atoms with E-state index in [1.807, 2.05) is 0 Å². The van der Waals surface area contributed by atoms with Gasteiger partial charge in [-0.2, -0.15) is 0 Å². The van der Waals surface area contributed by atoms with Gasteiger partial charge in [-0.3, -0.25) is 4.79 Å². The lowest BCUT2D eigenvalue weighted by Crippen LogP contribution is -2.24. The van der Waals surface area contributed by atoms with Crippen molar-refractivity contribution in [3.8, 4) is 5.75 Å². The van der Waals surface area contributed by atoms with Crippen LogP contribution in [0, 0.1) is 5.82 Å². The Bertz CT molecular complexity index is 664. The smallest absolute Gasteiger partial charge is 0.223 e. The van der Waals surface area contributed by atoms with E-state index in [9.17, 15) is 9.18 Å². The van der Waals surface area contributed by atoms with E-state index in [4.69, 9.17) is 27.9 Å². The van der Waals surface area contributed by atoms with Crippen LogP contribution in [0.4, 0.5) is 4.39 Å². The molecule has 3 nitrogen and oxygen atoms in total. The van der Waals surface area contributed by atoms with Crippen LogP contribution >= 0.6 is 23.2 Å². The van der Waals surface area contributed by atoms with E-state index in [-0.39, 0.29) is 24.7 Å². The van der Waals surface area contributed by atoms with E-state index in [0.29, 0.717) is 16.6 Å². The molecule has 0 saturated carbocycles. The topological polar surface area (TPSA) is 38.3 Å². The van der Waals surface area contributed by atoms with E-state index < -0.39 is 5.82 Å². The van der Waals surface area contributed by atoms with Crippen LogP contribution in [-0.2, 0) is 11.3 Å². The fraction of sp³-hybridized carbons (Fsp3) is 0.188. The number of rotatable bonds is 6. The van der Waals surface area contributed by atoms with Gasteiger partial charge in [0.15, 0.2) is 11.6 Å². The predicted molar refractivity (Wildman–Crippen MR) is 84.8 cm³/mol. The molecule has 0 radical (unpaired) electrons. The normalized spacial score (nSPS) is 10.3. The molecule has 22 heavy (non-hydrogen) atoms. The lowest BCUT2D eigenvalue weighted by atomic mass is 10.2. The van der Waals surface area contributed by atoms with Gasteiger partial charge in [-0.15, -0.1) is 0 Å². The van der Waals surface area contributed by atoms with Gasteiger partial charge in [-0.25, -0.2) is 4.39 Å². The molecule has 0 unspecified atom stereocenters. The van der Waals surface area contributed by atoms with Crippen molar-refractivity contribution in [2.75, 3.05) is 6.61 Å². The number of amides is 1. The Labute approximate surface area is 138 Å². The summed E-state index contributed by atoms with van der Waals surface area (Å²) in [6.45, 7) is 0.398. The Kier molecular flexibility index (Phi) is 6.04. The number of hydrogen-bond donors (Lipinski definition) is 1. The molecule has 0 heterocycles. The van der Waals surface area contributed by atoms with Crippen LogP contribution in [0.2, 0.25) is 10.0 Å². The first-order valence-electron chi connectivity index (χ1n) is 6.64. The van der Waals surface area contributed by atoms with Crippen LogP contribution in [0.25, 0.3) is 0 Å². The fourth-order valence-corrected chi connectivity index (χ4v) is 2.24. The second kappa shape index (κ2) is 8.01. The molecule has 0 aliphatic rings. The second-order valence-corrected chi connectivity index (χ2v) is 5.38. The molecular formula is C16H14Cl2FNO2. The molecule has 1 N–H and O–H groups in total. The number of hydrogen-bond acceptors (Lipinski definition) is 2. The van der Waals surface area contributed by atoms with Gasteiger partial charge in [0, 0.05) is 16.6 Å². The first-order valence-corrected chi connectivity index (χ1v) is 7.40. The summed E-state index contributed by atoms with van der Waals surface area (Å²) < 4.78 is 18.5. The average Bonchev–Trinajstić information content (AvgIpc) is 2.48. The number of halogens is 3. The third kappa shape index (κ3) is 4.90. The summed E-state index contributed by atoms with van der Waals surface area (Å²) in [6, 6.07) is 11.1. The third-order valence-electron chi connectivity index (χ3n) is 2.91. The first kappa shape index (κ1) is 16.6. The van der Waals surface area contributed by atoms with Crippen molar-refractivity contribution in [3.63, 3.8) is 0 Å². The van der Waals surface area contributed by atoms with Crippen LogP contribution in [-0.4, -0.2) is 12.5 Å². The van der Waals surface area contributed by atoms with Crippen molar-refractivity contribution in [2.45, 2.75) is 13.0 Å². The summed E-state index contributed by atoms with van der Waals surface area (Å²) in [5.74, 6) is -0.519. The molecule has 0 fully saturated rings. The predicted octanol–water partition coefficient (Wildman–Crippen LogP) is 4.22. The highest BCUT2D eigenvalue weighted by atomic mass is 35.5. The molecule has 116 valence electrons.